The largest absolute Gasteiger partial charge is 0.467 e. The van der Waals surface area contributed by atoms with Gasteiger partial charge in [-0.1, -0.05) is 17.7 Å². The summed E-state index contributed by atoms with van der Waals surface area (Å²) >= 11 is 5.96. The average molecular weight is 344 g/mol. The Bertz CT molecular complexity index is 575. The first kappa shape index (κ1) is 17.7. The summed E-state index contributed by atoms with van der Waals surface area (Å²) in [5.41, 5.74) is 0.305. The Morgan fingerprint density at radius 2 is 2.13 bits per heavy atom. The van der Waals surface area contributed by atoms with Crippen molar-refractivity contribution in [1.82, 2.24) is 4.90 Å². The second-order valence-electron chi connectivity index (χ2n) is 5.38. The second-order valence-corrected chi connectivity index (χ2v) is 5.79. The Labute approximate surface area is 139 Å². The first-order valence-corrected chi connectivity index (χ1v) is 7.68. The Hall–Kier alpha value is -1.66. The van der Waals surface area contributed by atoms with Gasteiger partial charge in [0.25, 0.3) is 0 Å². The zero-order valence-electron chi connectivity index (χ0n) is 13.1. The van der Waals surface area contributed by atoms with Crippen molar-refractivity contribution in [1.29, 1.82) is 0 Å². The molecule has 1 aliphatic rings. The number of ether oxygens (including phenoxy) is 2. The zero-order chi connectivity index (χ0) is 17.0. The summed E-state index contributed by atoms with van der Waals surface area (Å²) in [4.78, 5) is 25.7. The summed E-state index contributed by atoms with van der Waals surface area (Å²) in [5.74, 6) is -1.16. The topological polar surface area (TPSA) is 55.8 Å². The number of likely N-dealkylation sites (tertiary alicyclic amines) is 1. The molecule has 7 heteroatoms. The summed E-state index contributed by atoms with van der Waals surface area (Å²) in [5, 5.41) is 0.290. The molecule has 0 bridgehead atoms. The number of benzene rings is 1. The molecule has 126 valence electrons. The van der Waals surface area contributed by atoms with Crippen LogP contribution in [0.2, 0.25) is 5.02 Å². The van der Waals surface area contributed by atoms with Crippen LogP contribution in [0.4, 0.5) is 4.39 Å². The zero-order valence-corrected chi connectivity index (χ0v) is 13.8. The van der Waals surface area contributed by atoms with Crippen molar-refractivity contribution in [3.05, 3.63) is 34.6 Å². The van der Waals surface area contributed by atoms with Gasteiger partial charge in [0.15, 0.2) is 0 Å². The summed E-state index contributed by atoms with van der Waals surface area (Å²) in [6, 6.07) is 3.74. The van der Waals surface area contributed by atoms with Crippen LogP contribution in [-0.2, 0) is 25.5 Å². The van der Waals surface area contributed by atoms with Crippen molar-refractivity contribution in [3.63, 3.8) is 0 Å². The standard InChI is InChI=1S/C16H19ClFNO4/c1-22-10-8-14(16(21)23-2)19(9-10)15(20)7-6-11-12(17)4-3-5-13(11)18/h3-5,10,14H,6-9H2,1-2H3/t10-,14+/m1/s1. The number of esters is 1. The number of carbonyl (C=O) groups excluding carboxylic acids is 2. The van der Waals surface area contributed by atoms with Gasteiger partial charge >= 0.3 is 5.97 Å². The van der Waals surface area contributed by atoms with Crippen molar-refractivity contribution in [2.24, 2.45) is 0 Å². The highest BCUT2D eigenvalue weighted by atomic mass is 35.5. The number of methoxy groups -OCH3 is 2. The van der Waals surface area contributed by atoms with Crippen LogP contribution < -0.4 is 0 Å². The molecule has 0 unspecified atom stereocenters. The quantitative estimate of drug-likeness (QED) is 0.769. The monoisotopic (exact) mass is 343 g/mol. The number of halogens is 2. The van der Waals surface area contributed by atoms with E-state index in [0.29, 0.717) is 23.6 Å². The molecule has 23 heavy (non-hydrogen) atoms. The molecule has 0 aliphatic carbocycles. The Balaban J connectivity index is 2.05. The minimum absolute atomic E-state index is 0.0601. The Kier molecular flexibility index (Phi) is 5.96. The number of amides is 1. The third-order valence-corrected chi connectivity index (χ3v) is 4.39. The van der Waals surface area contributed by atoms with Crippen molar-refractivity contribution in [3.8, 4) is 0 Å². The van der Waals surface area contributed by atoms with E-state index in [2.05, 4.69) is 0 Å². The van der Waals surface area contributed by atoms with Crippen LogP contribution in [-0.4, -0.2) is 49.7 Å². The summed E-state index contributed by atoms with van der Waals surface area (Å²) in [6.45, 7) is 0.320. The van der Waals surface area contributed by atoms with Crippen molar-refractivity contribution in [2.45, 2.75) is 31.4 Å². The number of rotatable bonds is 5. The normalized spacial score (nSPS) is 20.6. The molecule has 1 fully saturated rings. The first-order valence-electron chi connectivity index (χ1n) is 7.31. The maximum atomic E-state index is 13.8. The molecular weight excluding hydrogens is 325 g/mol. The predicted octanol–water partition coefficient (Wildman–Crippen LogP) is 2.20. The lowest BCUT2D eigenvalue weighted by atomic mass is 10.1. The fourth-order valence-corrected chi connectivity index (χ4v) is 3.01. The van der Waals surface area contributed by atoms with Crippen LogP contribution in [0.25, 0.3) is 0 Å². The van der Waals surface area contributed by atoms with Gasteiger partial charge in [0.05, 0.1) is 13.2 Å². The van der Waals surface area contributed by atoms with Crippen LogP contribution in [0.5, 0.6) is 0 Å². The van der Waals surface area contributed by atoms with Gasteiger partial charge in [-0.25, -0.2) is 9.18 Å². The lowest BCUT2D eigenvalue weighted by Gasteiger charge is -2.22. The number of hydrogen-bond donors (Lipinski definition) is 0. The molecule has 0 aromatic heterocycles. The van der Waals surface area contributed by atoms with E-state index in [9.17, 15) is 14.0 Å². The third-order valence-electron chi connectivity index (χ3n) is 4.04. The molecule has 1 aromatic rings. The molecule has 1 aromatic carbocycles. The van der Waals surface area contributed by atoms with Gasteiger partial charge in [-0.3, -0.25) is 4.79 Å². The highest BCUT2D eigenvalue weighted by molar-refractivity contribution is 6.31. The van der Waals surface area contributed by atoms with E-state index in [1.807, 2.05) is 0 Å². The minimum atomic E-state index is -0.659. The first-order chi connectivity index (χ1) is 11.0. The van der Waals surface area contributed by atoms with E-state index in [4.69, 9.17) is 21.1 Å². The number of hydrogen-bond acceptors (Lipinski definition) is 4. The third kappa shape index (κ3) is 4.00. The van der Waals surface area contributed by atoms with Gasteiger partial charge in [0.2, 0.25) is 5.91 Å². The molecule has 2 rings (SSSR count). The van der Waals surface area contributed by atoms with Gasteiger partial charge in [-0.15, -0.1) is 0 Å². The van der Waals surface area contributed by atoms with Gasteiger partial charge in [0.1, 0.15) is 11.9 Å². The minimum Gasteiger partial charge on any atom is -0.467 e. The summed E-state index contributed by atoms with van der Waals surface area (Å²) < 4.78 is 23.7. The molecule has 0 N–H and O–H groups in total. The molecule has 0 radical (unpaired) electrons. The SMILES string of the molecule is COC(=O)[C@@H]1C[C@@H](OC)CN1C(=O)CCc1c(F)cccc1Cl. The van der Waals surface area contributed by atoms with Crippen molar-refractivity contribution in [2.75, 3.05) is 20.8 Å². The van der Waals surface area contributed by atoms with E-state index in [1.54, 1.807) is 6.07 Å². The van der Waals surface area contributed by atoms with Crippen LogP contribution >= 0.6 is 11.6 Å². The van der Waals surface area contributed by atoms with Crippen molar-refractivity contribution < 1.29 is 23.5 Å². The van der Waals surface area contributed by atoms with Gasteiger partial charge < -0.3 is 14.4 Å². The molecular formula is C16H19ClFNO4. The molecule has 1 amide bonds. The van der Waals surface area contributed by atoms with E-state index in [0.717, 1.165) is 0 Å². The molecule has 2 atom stereocenters. The Morgan fingerprint density at radius 3 is 2.74 bits per heavy atom. The van der Waals surface area contributed by atoms with E-state index in [1.165, 1.54) is 31.3 Å². The molecule has 0 spiro atoms. The molecule has 1 aliphatic heterocycles. The van der Waals surface area contributed by atoms with Crippen LogP contribution in [0.15, 0.2) is 18.2 Å². The lowest BCUT2D eigenvalue weighted by Crippen LogP contribution is -2.41. The fraction of sp³-hybridized carbons (Fsp3) is 0.500. The predicted molar refractivity (Wildman–Crippen MR) is 82.7 cm³/mol. The molecule has 0 saturated carbocycles. The molecule has 5 nitrogen and oxygen atoms in total. The van der Waals surface area contributed by atoms with Crippen molar-refractivity contribution >= 4 is 23.5 Å². The summed E-state index contributed by atoms with van der Waals surface area (Å²) in [6.07, 6.45) is 0.423. The Morgan fingerprint density at radius 1 is 1.39 bits per heavy atom. The van der Waals surface area contributed by atoms with Gasteiger partial charge in [0, 0.05) is 37.1 Å². The molecule has 1 heterocycles. The number of carbonyl (C=O) groups is 2. The maximum absolute atomic E-state index is 13.8. The fourth-order valence-electron chi connectivity index (χ4n) is 2.75. The smallest absolute Gasteiger partial charge is 0.328 e. The van der Waals surface area contributed by atoms with E-state index < -0.39 is 17.8 Å². The second kappa shape index (κ2) is 7.75. The summed E-state index contributed by atoms with van der Waals surface area (Å²) in [7, 11) is 2.82. The maximum Gasteiger partial charge on any atom is 0.328 e. The highest BCUT2D eigenvalue weighted by Gasteiger charge is 2.40. The van der Waals surface area contributed by atoms with Crippen LogP contribution in [0.3, 0.4) is 0 Å². The van der Waals surface area contributed by atoms with Gasteiger partial charge in [-0.2, -0.15) is 0 Å². The van der Waals surface area contributed by atoms with E-state index in [-0.39, 0.29) is 24.9 Å². The van der Waals surface area contributed by atoms with E-state index >= 15 is 0 Å². The van der Waals surface area contributed by atoms with Crippen LogP contribution in [0.1, 0.15) is 18.4 Å². The number of nitrogens with zero attached hydrogens (tertiary/aromatic N) is 1. The average Bonchev–Trinajstić information content (AvgIpc) is 2.98. The van der Waals surface area contributed by atoms with Gasteiger partial charge in [-0.05, 0) is 18.6 Å². The van der Waals surface area contributed by atoms with Crippen LogP contribution in [0, 0.1) is 5.82 Å². The lowest BCUT2D eigenvalue weighted by molar-refractivity contribution is -0.150. The highest BCUT2D eigenvalue weighted by Crippen LogP contribution is 2.24. The molecule has 1 saturated heterocycles.